The molecule has 0 unspecified atom stereocenters. The number of hydrogen-bond acceptors (Lipinski definition) is 7. The number of aromatic nitrogens is 4. The highest BCUT2D eigenvalue weighted by atomic mass is 32.2. The van der Waals surface area contributed by atoms with Crippen LogP contribution < -0.4 is 15.4 Å². The number of quaternary nitrogens is 1. The van der Waals surface area contributed by atoms with Gasteiger partial charge >= 0.3 is 0 Å². The molecule has 2 saturated heterocycles. The van der Waals surface area contributed by atoms with E-state index in [1.54, 1.807) is 6.07 Å². The van der Waals surface area contributed by atoms with Crippen LogP contribution in [0.4, 0.5) is 0 Å². The lowest BCUT2D eigenvalue weighted by Gasteiger charge is -2.44. The summed E-state index contributed by atoms with van der Waals surface area (Å²) in [6, 6.07) is 4.59. The Balaban J connectivity index is 1.56. The molecule has 4 rings (SSSR count). The summed E-state index contributed by atoms with van der Waals surface area (Å²) < 4.78 is 34.8. The van der Waals surface area contributed by atoms with Crippen LogP contribution in [0.5, 0.6) is 5.75 Å². The average Bonchev–Trinajstić information content (AvgIpc) is 3.34. The number of nitrogens with zero attached hydrogens (tertiary/aromatic N) is 5. The Hall–Kier alpha value is -2.57. The maximum atomic E-state index is 13.3. The molecule has 2 aromatic rings. The third-order valence-corrected chi connectivity index (χ3v) is 8.46. The molecule has 2 fully saturated rings. The first-order chi connectivity index (χ1) is 14.9. The van der Waals surface area contributed by atoms with Gasteiger partial charge in [-0.1, -0.05) is 0 Å². The van der Waals surface area contributed by atoms with Gasteiger partial charge in [-0.2, -0.15) is 8.99 Å². The molecule has 3 N–H and O–H groups in total. The van der Waals surface area contributed by atoms with Gasteiger partial charge in [-0.15, -0.1) is 5.10 Å². The number of methoxy groups -OCH3 is 1. The van der Waals surface area contributed by atoms with Crippen molar-refractivity contribution in [1.82, 2.24) is 24.5 Å². The Kier molecular flexibility index (Phi) is 5.95. The molecule has 0 bridgehead atoms. The Morgan fingerprint density at radius 2 is 1.90 bits per heavy atom. The van der Waals surface area contributed by atoms with E-state index in [-0.39, 0.29) is 23.9 Å². The standard InChI is InChI=1S/C19H27N7O4S/c1-30-17-13-15(5-6-16(17)26-14-21-22-23-26)31(28,29)25-11-7-19(8-12-25,18(20)27)24-9-3-2-4-10-24/h5-6,13-14H,2-4,7-12H2,1H3,(H2,20,27)/p+1. The van der Waals surface area contributed by atoms with Gasteiger partial charge < -0.3 is 15.4 Å². The normalized spacial score (nSPS) is 20.4. The smallest absolute Gasteiger partial charge is 0.278 e. The first-order valence-corrected chi connectivity index (χ1v) is 11.9. The minimum atomic E-state index is -3.76. The van der Waals surface area contributed by atoms with E-state index in [1.807, 2.05) is 0 Å². The molecule has 1 amide bonds. The summed E-state index contributed by atoms with van der Waals surface area (Å²) in [5, 5.41) is 11.0. The molecule has 1 aromatic heterocycles. The van der Waals surface area contributed by atoms with Crippen LogP contribution in [0.25, 0.3) is 5.69 Å². The van der Waals surface area contributed by atoms with Crippen LogP contribution in [0, 0.1) is 0 Å². The largest absolute Gasteiger partial charge is 0.494 e. The van der Waals surface area contributed by atoms with Crippen LogP contribution in [0.15, 0.2) is 29.4 Å². The Morgan fingerprint density at radius 1 is 1.19 bits per heavy atom. The molecule has 12 heteroatoms. The number of likely N-dealkylation sites (tertiary alicyclic amines) is 1. The molecule has 2 aliphatic heterocycles. The molecule has 0 atom stereocenters. The van der Waals surface area contributed by atoms with E-state index in [0.29, 0.717) is 24.3 Å². The lowest BCUT2D eigenvalue weighted by Crippen LogP contribution is -3.22. The molecule has 11 nitrogen and oxygen atoms in total. The van der Waals surface area contributed by atoms with Gasteiger partial charge in [0, 0.05) is 32.0 Å². The van der Waals surface area contributed by atoms with E-state index in [2.05, 4.69) is 15.5 Å². The second-order valence-electron chi connectivity index (χ2n) is 8.10. The predicted molar refractivity (Wildman–Crippen MR) is 110 cm³/mol. The van der Waals surface area contributed by atoms with Crippen LogP contribution in [0.1, 0.15) is 32.1 Å². The van der Waals surface area contributed by atoms with E-state index in [1.165, 1.54) is 45.9 Å². The number of primary amides is 1. The van der Waals surface area contributed by atoms with Gasteiger partial charge in [-0.3, -0.25) is 4.79 Å². The molecule has 0 aliphatic carbocycles. The average molecular weight is 451 g/mol. The number of carbonyl (C=O) groups is 1. The van der Waals surface area contributed by atoms with Gasteiger partial charge in [0.15, 0.2) is 5.54 Å². The van der Waals surface area contributed by atoms with Crippen LogP contribution in [0.3, 0.4) is 0 Å². The number of tetrazole rings is 1. The van der Waals surface area contributed by atoms with Crippen LogP contribution in [-0.4, -0.2) is 77.7 Å². The minimum Gasteiger partial charge on any atom is -0.494 e. The van der Waals surface area contributed by atoms with Gasteiger partial charge in [0.2, 0.25) is 10.0 Å². The number of benzene rings is 1. The number of carbonyl (C=O) groups excluding carboxylic acids is 1. The van der Waals surface area contributed by atoms with E-state index >= 15 is 0 Å². The van der Waals surface area contributed by atoms with E-state index in [0.717, 1.165) is 25.9 Å². The molecule has 3 heterocycles. The summed E-state index contributed by atoms with van der Waals surface area (Å²) in [4.78, 5) is 13.8. The van der Waals surface area contributed by atoms with Gasteiger partial charge in [-0.25, -0.2) is 8.42 Å². The molecule has 2 aliphatic rings. The third kappa shape index (κ3) is 3.90. The van der Waals surface area contributed by atoms with E-state index < -0.39 is 15.6 Å². The summed E-state index contributed by atoms with van der Waals surface area (Å²) in [6.07, 6.45) is 5.57. The topological polar surface area (TPSA) is 138 Å². The number of nitrogens with two attached hydrogens (primary N) is 1. The molecule has 0 spiro atoms. The first-order valence-electron chi connectivity index (χ1n) is 10.4. The zero-order valence-electron chi connectivity index (χ0n) is 17.5. The van der Waals surface area contributed by atoms with Crippen molar-refractivity contribution in [2.45, 2.75) is 42.5 Å². The molecular weight excluding hydrogens is 422 g/mol. The van der Waals surface area contributed by atoms with Crippen molar-refractivity contribution in [2.75, 3.05) is 33.3 Å². The van der Waals surface area contributed by atoms with Crippen molar-refractivity contribution in [2.24, 2.45) is 5.73 Å². The van der Waals surface area contributed by atoms with Crippen molar-refractivity contribution in [3.63, 3.8) is 0 Å². The van der Waals surface area contributed by atoms with Gasteiger partial charge in [-0.05, 0) is 41.8 Å². The Bertz CT molecular complexity index is 1030. The van der Waals surface area contributed by atoms with E-state index in [9.17, 15) is 13.2 Å². The minimum absolute atomic E-state index is 0.123. The predicted octanol–water partition coefficient (Wildman–Crippen LogP) is -1.25. The number of ether oxygens (including phenoxy) is 1. The second-order valence-corrected chi connectivity index (χ2v) is 10.0. The SMILES string of the molecule is COc1cc(S(=O)(=O)N2CCC(C(N)=O)([NH+]3CCCCC3)CC2)ccc1-n1cnnn1. The van der Waals surface area contributed by atoms with Crippen LogP contribution in [0.2, 0.25) is 0 Å². The molecule has 0 saturated carbocycles. The summed E-state index contributed by atoms with van der Waals surface area (Å²) in [7, 11) is -2.29. The Labute approximate surface area is 181 Å². The summed E-state index contributed by atoms with van der Waals surface area (Å²) in [5.41, 5.74) is 5.68. The lowest BCUT2D eigenvalue weighted by molar-refractivity contribution is -0.948. The zero-order chi connectivity index (χ0) is 22.1. The number of sulfonamides is 1. The summed E-state index contributed by atoms with van der Waals surface area (Å²) >= 11 is 0. The fourth-order valence-corrected chi connectivity index (χ4v) is 6.23. The third-order valence-electron chi connectivity index (χ3n) is 6.57. The number of hydrogen-bond donors (Lipinski definition) is 2. The maximum absolute atomic E-state index is 13.3. The highest BCUT2D eigenvalue weighted by molar-refractivity contribution is 7.89. The fourth-order valence-electron chi connectivity index (χ4n) is 4.77. The number of rotatable bonds is 6. The van der Waals surface area contributed by atoms with Crippen molar-refractivity contribution in [3.05, 3.63) is 24.5 Å². The lowest BCUT2D eigenvalue weighted by atomic mass is 9.84. The van der Waals surface area contributed by atoms with E-state index in [4.69, 9.17) is 10.5 Å². The fraction of sp³-hybridized carbons (Fsp3) is 0.579. The molecule has 168 valence electrons. The summed E-state index contributed by atoms with van der Waals surface area (Å²) in [6.45, 7) is 2.33. The molecule has 0 radical (unpaired) electrons. The molecule has 31 heavy (non-hydrogen) atoms. The highest BCUT2D eigenvalue weighted by Crippen LogP contribution is 2.30. The zero-order valence-corrected chi connectivity index (χ0v) is 18.3. The quantitative estimate of drug-likeness (QED) is 0.561. The second kappa shape index (κ2) is 8.52. The highest BCUT2D eigenvalue weighted by Gasteiger charge is 2.50. The van der Waals surface area contributed by atoms with Crippen LogP contribution in [-0.2, 0) is 14.8 Å². The maximum Gasteiger partial charge on any atom is 0.278 e. The Morgan fingerprint density at radius 3 is 2.48 bits per heavy atom. The first kappa shape index (κ1) is 21.7. The van der Waals surface area contributed by atoms with Gasteiger partial charge in [0.05, 0.1) is 25.1 Å². The summed E-state index contributed by atoms with van der Waals surface area (Å²) in [5.74, 6) is 0.0172. The molecular formula is C19H28N7O4S+. The van der Waals surface area contributed by atoms with Gasteiger partial charge in [0.25, 0.3) is 5.91 Å². The van der Waals surface area contributed by atoms with Crippen LogP contribution >= 0.6 is 0 Å². The van der Waals surface area contributed by atoms with Crippen molar-refractivity contribution in [1.29, 1.82) is 0 Å². The number of nitrogens with one attached hydrogen (secondary N) is 1. The van der Waals surface area contributed by atoms with Gasteiger partial charge in [0.1, 0.15) is 17.8 Å². The van der Waals surface area contributed by atoms with Crippen molar-refractivity contribution >= 4 is 15.9 Å². The number of piperidine rings is 2. The monoisotopic (exact) mass is 450 g/mol. The number of amides is 1. The van der Waals surface area contributed by atoms with Crippen molar-refractivity contribution in [3.8, 4) is 11.4 Å². The van der Waals surface area contributed by atoms with Crippen molar-refractivity contribution < 1.29 is 22.8 Å². The molecule has 1 aromatic carbocycles.